The van der Waals surface area contributed by atoms with Crippen LogP contribution in [0.25, 0.3) is 11.4 Å². The largest absolute Gasteiger partial charge is 0.305 e. The lowest BCUT2D eigenvalue weighted by atomic mass is 10.1. The van der Waals surface area contributed by atoms with Crippen molar-refractivity contribution in [2.45, 2.75) is 5.16 Å². The molecule has 25 heavy (non-hydrogen) atoms. The number of hydrogen-bond donors (Lipinski definition) is 0. The average molecular weight is 380 g/mol. The molecular weight excluding hydrogens is 368 g/mol. The lowest BCUT2D eigenvalue weighted by Crippen LogP contribution is -2.05. The monoisotopic (exact) mass is 379 g/mol. The Balaban J connectivity index is 1.75. The van der Waals surface area contributed by atoms with E-state index in [2.05, 4.69) is 10.2 Å². The van der Waals surface area contributed by atoms with Crippen LogP contribution in [0, 0.1) is 11.6 Å². The van der Waals surface area contributed by atoms with Crippen molar-refractivity contribution in [3.63, 3.8) is 0 Å². The molecule has 0 unspecified atom stereocenters. The Bertz CT molecular complexity index is 945. The molecule has 0 fully saturated rings. The molecule has 0 amide bonds. The fourth-order valence-electron chi connectivity index (χ4n) is 2.20. The number of hydrogen-bond acceptors (Lipinski definition) is 4. The summed E-state index contributed by atoms with van der Waals surface area (Å²) in [4.78, 5) is 12.1. The van der Waals surface area contributed by atoms with Gasteiger partial charge in [0.2, 0.25) is 0 Å². The van der Waals surface area contributed by atoms with Gasteiger partial charge in [0, 0.05) is 18.2 Å². The molecule has 3 aromatic rings. The van der Waals surface area contributed by atoms with E-state index in [0.29, 0.717) is 16.0 Å². The van der Waals surface area contributed by atoms with Crippen LogP contribution in [0.1, 0.15) is 10.4 Å². The molecule has 8 heteroatoms. The van der Waals surface area contributed by atoms with Crippen LogP contribution >= 0.6 is 23.4 Å². The second-order valence-corrected chi connectivity index (χ2v) is 6.54. The topological polar surface area (TPSA) is 47.8 Å². The summed E-state index contributed by atoms with van der Waals surface area (Å²) in [6.07, 6.45) is 0. The van der Waals surface area contributed by atoms with Crippen LogP contribution in [0.15, 0.2) is 47.6 Å². The van der Waals surface area contributed by atoms with Gasteiger partial charge in [-0.3, -0.25) is 4.79 Å². The summed E-state index contributed by atoms with van der Waals surface area (Å²) < 4.78 is 27.9. The van der Waals surface area contributed by atoms with E-state index in [1.807, 2.05) is 18.2 Å². The van der Waals surface area contributed by atoms with Crippen LogP contribution in [0.3, 0.4) is 0 Å². The van der Waals surface area contributed by atoms with E-state index in [-0.39, 0.29) is 17.1 Å². The van der Waals surface area contributed by atoms with Gasteiger partial charge in [-0.1, -0.05) is 35.5 Å². The zero-order valence-corrected chi connectivity index (χ0v) is 14.6. The predicted octanol–water partition coefficient (Wildman–Crippen LogP) is 4.39. The van der Waals surface area contributed by atoms with Crippen LogP contribution < -0.4 is 0 Å². The van der Waals surface area contributed by atoms with Gasteiger partial charge >= 0.3 is 0 Å². The number of nitrogens with zero attached hydrogens (tertiary/aromatic N) is 3. The van der Waals surface area contributed by atoms with Gasteiger partial charge in [-0.25, -0.2) is 8.78 Å². The van der Waals surface area contributed by atoms with E-state index in [4.69, 9.17) is 11.6 Å². The van der Waals surface area contributed by atoms with Crippen LogP contribution in [0.2, 0.25) is 5.02 Å². The fourth-order valence-corrected chi connectivity index (χ4v) is 3.23. The number of carbonyl (C=O) groups is 1. The van der Waals surface area contributed by atoms with Gasteiger partial charge in [-0.05, 0) is 30.3 Å². The molecule has 0 N–H and O–H groups in total. The van der Waals surface area contributed by atoms with Crippen molar-refractivity contribution in [1.82, 2.24) is 14.8 Å². The first-order valence-corrected chi connectivity index (χ1v) is 8.59. The van der Waals surface area contributed by atoms with E-state index in [1.165, 1.54) is 6.07 Å². The number of aromatic nitrogens is 3. The second kappa shape index (κ2) is 7.33. The molecule has 0 aliphatic rings. The predicted molar refractivity (Wildman–Crippen MR) is 92.9 cm³/mol. The smallest absolute Gasteiger partial charge is 0.191 e. The van der Waals surface area contributed by atoms with Gasteiger partial charge in [0.25, 0.3) is 0 Å². The quantitative estimate of drug-likeness (QED) is 0.487. The first-order valence-electron chi connectivity index (χ1n) is 7.22. The van der Waals surface area contributed by atoms with E-state index >= 15 is 0 Å². The summed E-state index contributed by atoms with van der Waals surface area (Å²) in [6, 6.07) is 10.3. The van der Waals surface area contributed by atoms with Crippen molar-refractivity contribution < 1.29 is 13.6 Å². The minimum absolute atomic E-state index is 0.0273. The highest BCUT2D eigenvalue weighted by Gasteiger charge is 2.16. The van der Waals surface area contributed by atoms with Crippen molar-refractivity contribution in [1.29, 1.82) is 0 Å². The zero-order chi connectivity index (χ0) is 18.0. The highest BCUT2D eigenvalue weighted by Crippen LogP contribution is 2.28. The maximum Gasteiger partial charge on any atom is 0.191 e. The van der Waals surface area contributed by atoms with Crippen molar-refractivity contribution in [2.75, 3.05) is 5.75 Å². The summed E-state index contributed by atoms with van der Waals surface area (Å²) in [5.74, 6) is -1.75. The molecular formula is C17H12ClF2N3OS. The normalized spacial score (nSPS) is 10.9. The van der Waals surface area contributed by atoms with Crippen molar-refractivity contribution in [2.24, 2.45) is 7.05 Å². The van der Waals surface area contributed by atoms with Crippen LogP contribution in [0.5, 0.6) is 0 Å². The molecule has 0 radical (unpaired) electrons. The highest BCUT2D eigenvalue weighted by atomic mass is 35.5. The molecule has 0 saturated carbocycles. The van der Waals surface area contributed by atoms with Gasteiger partial charge in [-0.15, -0.1) is 10.2 Å². The summed E-state index contributed by atoms with van der Waals surface area (Å²) in [7, 11) is 1.77. The van der Waals surface area contributed by atoms with E-state index in [9.17, 15) is 13.6 Å². The van der Waals surface area contributed by atoms with E-state index < -0.39 is 11.6 Å². The molecule has 0 aliphatic heterocycles. The molecule has 1 heterocycles. The molecule has 0 aliphatic carbocycles. The van der Waals surface area contributed by atoms with E-state index in [0.717, 1.165) is 29.5 Å². The van der Waals surface area contributed by atoms with Crippen molar-refractivity contribution in [3.05, 3.63) is 64.7 Å². The lowest BCUT2D eigenvalue weighted by molar-refractivity contribution is 0.102. The number of carbonyl (C=O) groups excluding carboxylic acids is 1. The standard InChI is InChI=1S/C17H12ClF2N3OS/c1-23-16(11-4-2-3-5-12(11)18)21-22-17(23)25-9-15(24)10-6-7-13(19)14(20)8-10/h2-8H,9H2,1H3. The minimum atomic E-state index is -1.05. The minimum Gasteiger partial charge on any atom is -0.305 e. The molecule has 4 nitrogen and oxygen atoms in total. The molecule has 0 saturated heterocycles. The molecule has 1 aromatic heterocycles. The molecule has 3 rings (SSSR count). The Labute approximate surface area is 151 Å². The number of benzene rings is 2. The Hall–Kier alpha value is -2.25. The van der Waals surface area contributed by atoms with Gasteiger partial charge < -0.3 is 4.57 Å². The average Bonchev–Trinajstić information content (AvgIpc) is 2.96. The van der Waals surface area contributed by atoms with E-state index in [1.54, 1.807) is 17.7 Å². The van der Waals surface area contributed by atoms with Gasteiger partial charge in [0.05, 0.1) is 10.8 Å². The summed E-state index contributed by atoms with van der Waals surface area (Å²) in [5, 5.41) is 9.24. The van der Waals surface area contributed by atoms with Gasteiger partial charge in [0.15, 0.2) is 28.4 Å². The highest BCUT2D eigenvalue weighted by molar-refractivity contribution is 7.99. The zero-order valence-electron chi connectivity index (χ0n) is 13.0. The Morgan fingerprint density at radius 3 is 2.64 bits per heavy atom. The number of halogens is 3. The molecule has 2 aromatic carbocycles. The number of rotatable bonds is 5. The molecule has 128 valence electrons. The second-order valence-electron chi connectivity index (χ2n) is 5.19. The number of thioether (sulfide) groups is 1. The van der Waals surface area contributed by atoms with Gasteiger partial charge in [0.1, 0.15) is 0 Å². The van der Waals surface area contributed by atoms with Crippen molar-refractivity contribution in [3.8, 4) is 11.4 Å². The van der Waals surface area contributed by atoms with Crippen LogP contribution in [-0.2, 0) is 7.05 Å². The summed E-state index contributed by atoms with van der Waals surface area (Å²) in [5.41, 5.74) is 0.845. The Kier molecular flexibility index (Phi) is 5.15. The maximum atomic E-state index is 13.2. The SMILES string of the molecule is Cn1c(SCC(=O)c2ccc(F)c(F)c2)nnc1-c1ccccc1Cl. The first kappa shape index (κ1) is 17.6. The Morgan fingerprint density at radius 1 is 1.16 bits per heavy atom. The molecule has 0 bridgehead atoms. The lowest BCUT2D eigenvalue weighted by Gasteiger charge is -2.05. The van der Waals surface area contributed by atoms with Crippen molar-refractivity contribution >= 4 is 29.1 Å². The number of ketones is 1. The first-order chi connectivity index (χ1) is 12.0. The van der Waals surface area contributed by atoms with Crippen LogP contribution in [0.4, 0.5) is 8.78 Å². The Morgan fingerprint density at radius 2 is 1.92 bits per heavy atom. The third-order valence-electron chi connectivity index (χ3n) is 3.52. The van der Waals surface area contributed by atoms with Gasteiger partial charge in [-0.2, -0.15) is 0 Å². The maximum absolute atomic E-state index is 13.2. The summed E-state index contributed by atoms with van der Waals surface area (Å²) in [6.45, 7) is 0. The number of Topliss-reactive ketones (excluding diaryl/α,β-unsaturated/α-hetero) is 1. The molecule has 0 atom stereocenters. The fraction of sp³-hybridized carbons (Fsp3) is 0.118. The summed E-state index contributed by atoms with van der Waals surface area (Å²) >= 11 is 7.33. The third-order valence-corrected chi connectivity index (χ3v) is 4.87. The van der Waals surface area contributed by atoms with Crippen LogP contribution in [-0.4, -0.2) is 26.3 Å². The third kappa shape index (κ3) is 3.72. The molecule has 0 spiro atoms.